The van der Waals surface area contributed by atoms with E-state index in [9.17, 15) is 8.78 Å². The zero-order valence-electron chi connectivity index (χ0n) is 12.1. The summed E-state index contributed by atoms with van der Waals surface area (Å²) in [6, 6.07) is 6.75. The van der Waals surface area contributed by atoms with Crippen molar-refractivity contribution in [1.29, 1.82) is 0 Å². The first-order chi connectivity index (χ1) is 10.1. The van der Waals surface area contributed by atoms with Crippen molar-refractivity contribution in [2.45, 2.75) is 20.3 Å². The molecule has 0 spiro atoms. The normalized spacial score (nSPS) is 15.1. The average Bonchev–Trinajstić information content (AvgIpc) is 2.78. The number of thioether (sulfide) groups is 1. The molecule has 1 aromatic carbocycles. The SMILES string of the molecule is Cc1ccc(C)n1-c1cc(F)c(C2=CCSCC2)c(F)c1. The van der Waals surface area contributed by atoms with Crippen LogP contribution in [-0.2, 0) is 0 Å². The molecular formula is C17H17F2NS. The van der Waals surface area contributed by atoms with E-state index in [4.69, 9.17) is 0 Å². The molecule has 0 saturated heterocycles. The number of hydrogen-bond acceptors (Lipinski definition) is 1. The molecule has 0 amide bonds. The molecular weight excluding hydrogens is 288 g/mol. The van der Waals surface area contributed by atoms with E-state index in [1.807, 2.05) is 36.6 Å². The molecule has 0 unspecified atom stereocenters. The summed E-state index contributed by atoms with van der Waals surface area (Å²) >= 11 is 1.78. The Bertz CT molecular complexity index is 673. The van der Waals surface area contributed by atoms with Crippen LogP contribution in [0.5, 0.6) is 0 Å². The zero-order chi connectivity index (χ0) is 15.0. The van der Waals surface area contributed by atoms with Crippen molar-refractivity contribution in [3.05, 3.63) is 58.9 Å². The Morgan fingerprint density at radius 1 is 1.05 bits per heavy atom. The van der Waals surface area contributed by atoms with E-state index >= 15 is 0 Å². The van der Waals surface area contributed by atoms with Gasteiger partial charge < -0.3 is 4.57 Å². The summed E-state index contributed by atoms with van der Waals surface area (Å²) in [4.78, 5) is 0. The Morgan fingerprint density at radius 3 is 2.19 bits per heavy atom. The molecule has 110 valence electrons. The summed E-state index contributed by atoms with van der Waals surface area (Å²) in [5, 5.41) is 0. The van der Waals surface area contributed by atoms with Gasteiger partial charge in [-0.3, -0.25) is 0 Å². The number of hydrogen-bond donors (Lipinski definition) is 0. The Labute approximate surface area is 127 Å². The van der Waals surface area contributed by atoms with Gasteiger partial charge >= 0.3 is 0 Å². The molecule has 1 aliphatic rings. The van der Waals surface area contributed by atoms with Crippen molar-refractivity contribution >= 4 is 17.3 Å². The summed E-state index contributed by atoms with van der Waals surface area (Å²) in [6.07, 6.45) is 2.65. The van der Waals surface area contributed by atoms with Crippen LogP contribution in [0.15, 0.2) is 30.3 Å². The molecule has 2 heterocycles. The molecule has 0 aliphatic carbocycles. The van der Waals surface area contributed by atoms with Gasteiger partial charge in [0.25, 0.3) is 0 Å². The van der Waals surface area contributed by atoms with E-state index in [0.29, 0.717) is 5.69 Å². The molecule has 0 fully saturated rings. The number of benzene rings is 1. The quantitative estimate of drug-likeness (QED) is 0.764. The first-order valence-electron chi connectivity index (χ1n) is 6.99. The first-order valence-corrected chi connectivity index (χ1v) is 8.15. The summed E-state index contributed by atoms with van der Waals surface area (Å²) in [5.41, 5.74) is 3.40. The minimum absolute atomic E-state index is 0.140. The van der Waals surface area contributed by atoms with Crippen LogP contribution in [0, 0.1) is 25.5 Å². The molecule has 4 heteroatoms. The number of aromatic nitrogens is 1. The van der Waals surface area contributed by atoms with Crippen molar-refractivity contribution in [2.75, 3.05) is 11.5 Å². The van der Waals surface area contributed by atoms with Crippen LogP contribution >= 0.6 is 11.8 Å². The molecule has 0 atom stereocenters. The van der Waals surface area contributed by atoms with E-state index in [1.54, 1.807) is 11.8 Å². The fourth-order valence-electron chi connectivity index (χ4n) is 2.83. The van der Waals surface area contributed by atoms with Gasteiger partial charge in [0.05, 0.1) is 5.69 Å². The standard InChI is InChI=1S/C17H17F2NS/c1-11-3-4-12(2)20(11)14-9-15(18)17(16(19)10-14)13-5-7-21-8-6-13/h3-5,9-10H,6-8H2,1-2H3. The highest BCUT2D eigenvalue weighted by molar-refractivity contribution is 7.99. The molecule has 0 saturated carbocycles. The molecule has 21 heavy (non-hydrogen) atoms. The van der Waals surface area contributed by atoms with Crippen LogP contribution in [0.1, 0.15) is 23.4 Å². The second kappa shape index (κ2) is 5.68. The number of aryl methyl sites for hydroxylation is 2. The van der Waals surface area contributed by atoms with Crippen molar-refractivity contribution in [3.63, 3.8) is 0 Å². The number of halogens is 2. The fraction of sp³-hybridized carbons (Fsp3) is 0.294. The maximum atomic E-state index is 14.4. The van der Waals surface area contributed by atoms with E-state index in [0.717, 1.165) is 34.9 Å². The summed E-state index contributed by atoms with van der Waals surface area (Å²) in [6.45, 7) is 3.86. The topological polar surface area (TPSA) is 4.93 Å². The molecule has 2 aromatic rings. The monoisotopic (exact) mass is 305 g/mol. The Hall–Kier alpha value is -1.55. The van der Waals surface area contributed by atoms with Crippen molar-refractivity contribution in [1.82, 2.24) is 4.57 Å². The molecule has 3 rings (SSSR count). The minimum Gasteiger partial charge on any atom is -0.318 e. The van der Waals surface area contributed by atoms with Gasteiger partial charge in [0, 0.05) is 22.7 Å². The first kappa shape index (κ1) is 14.4. The van der Waals surface area contributed by atoms with Gasteiger partial charge in [0.1, 0.15) is 11.6 Å². The third-order valence-corrected chi connectivity index (χ3v) is 4.74. The minimum atomic E-state index is -0.476. The number of rotatable bonds is 2. The third-order valence-electron chi connectivity index (χ3n) is 3.84. The highest BCUT2D eigenvalue weighted by atomic mass is 32.2. The fourth-order valence-corrected chi connectivity index (χ4v) is 3.68. The van der Waals surface area contributed by atoms with Crippen LogP contribution in [0.3, 0.4) is 0 Å². The molecule has 0 N–H and O–H groups in total. The smallest absolute Gasteiger partial charge is 0.135 e. The van der Waals surface area contributed by atoms with Crippen LogP contribution in [0.4, 0.5) is 8.78 Å². The predicted molar refractivity (Wildman–Crippen MR) is 85.1 cm³/mol. The molecule has 0 bridgehead atoms. The van der Waals surface area contributed by atoms with Crippen LogP contribution in [0.2, 0.25) is 0 Å². The highest BCUT2D eigenvalue weighted by Crippen LogP contribution is 2.31. The van der Waals surface area contributed by atoms with Gasteiger partial charge in [-0.1, -0.05) is 6.08 Å². The largest absolute Gasteiger partial charge is 0.318 e. The molecule has 1 aromatic heterocycles. The van der Waals surface area contributed by atoms with E-state index in [2.05, 4.69) is 0 Å². The average molecular weight is 305 g/mol. The lowest BCUT2D eigenvalue weighted by atomic mass is 10.0. The van der Waals surface area contributed by atoms with Gasteiger partial charge in [0.2, 0.25) is 0 Å². The molecule has 1 aliphatic heterocycles. The number of nitrogens with zero attached hydrogens (tertiary/aromatic N) is 1. The van der Waals surface area contributed by atoms with Gasteiger partial charge in [0.15, 0.2) is 0 Å². The van der Waals surface area contributed by atoms with Gasteiger partial charge in [-0.05, 0) is 55.9 Å². The second-order valence-corrected chi connectivity index (χ2v) is 6.44. The van der Waals surface area contributed by atoms with E-state index in [-0.39, 0.29) is 5.56 Å². The second-order valence-electron chi connectivity index (χ2n) is 5.29. The Balaban J connectivity index is 2.10. The zero-order valence-corrected chi connectivity index (χ0v) is 12.9. The summed E-state index contributed by atoms with van der Waals surface area (Å²) < 4.78 is 30.8. The summed E-state index contributed by atoms with van der Waals surface area (Å²) in [5.74, 6) is 0.792. The van der Waals surface area contributed by atoms with E-state index < -0.39 is 11.6 Å². The predicted octanol–water partition coefficient (Wildman–Crippen LogP) is 4.89. The maximum Gasteiger partial charge on any atom is 0.135 e. The van der Waals surface area contributed by atoms with Crippen LogP contribution in [0.25, 0.3) is 11.3 Å². The lowest BCUT2D eigenvalue weighted by Gasteiger charge is -2.16. The van der Waals surface area contributed by atoms with E-state index in [1.165, 1.54) is 12.1 Å². The summed E-state index contributed by atoms with van der Waals surface area (Å²) in [7, 11) is 0. The lowest BCUT2D eigenvalue weighted by molar-refractivity contribution is 0.574. The third kappa shape index (κ3) is 2.64. The number of allylic oxidation sites excluding steroid dienone is 1. The lowest BCUT2D eigenvalue weighted by Crippen LogP contribution is -2.05. The van der Waals surface area contributed by atoms with Gasteiger partial charge in [-0.2, -0.15) is 11.8 Å². The van der Waals surface area contributed by atoms with Crippen molar-refractivity contribution < 1.29 is 8.78 Å². The van der Waals surface area contributed by atoms with Gasteiger partial charge in [-0.15, -0.1) is 0 Å². The Morgan fingerprint density at radius 2 is 1.67 bits per heavy atom. The highest BCUT2D eigenvalue weighted by Gasteiger charge is 2.18. The van der Waals surface area contributed by atoms with Crippen LogP contribution in [-0.4, -0.2) is 16.1 Å². The van der Waals surface area contributed by atoms with Crippen molar-refractivity contribution in [3.8, 4) is 5.69 Å². The molecule has 0 radical (unpaired) electrons. The van der Waals surface area contributed by atoms with Crippen molar-refractivity contribution in [2.24, 2.45) is 0 Å². The maximum absolute atomic E-state index is 14.4. The Kier molecular flexibility index (Phi) is 3.89. The molecule has 1 nitrogen and oxygen atoms in total. The van der Waals surface area contributed by atoms with Gasteiger partial charge in [-0.25, -0.2) is 8.78 Å². The van der Waals surface area contributed by atoms with Crippen LogP contribution < -0.4 is 0 Å².